The molecule has 0 bridgehead atoms. The predicted molar refractivity (Wildman–Crippen MR) is 113 cm³/mol. The lowest BCUT2D eigenvalue weighted by Crippen LogP contribution is -2.52. The molecule has 3 heterocycles. The highest BCUT2D eigenvalue weighted by molar-refractivity contribution is 7.85. The Bertz CT molecular complexity index is 1040. The van der Waals surface area contributed by atoms with E-state index < -0.39 is 27.4 Å². The van der Waals surface area contributed by atoms with Crippen LogP contribution in [0.25, 0.3) is 0 Å². The monoisotopic (exact) mass is 470 g/mol. The van der Waals surface area contributed by atoms with E-state index in [1.165, 1.54) is 4.90 Å². The number of pyridine rings is 1. The van der Waals surface area contributed by atoms with Crippen LogP contribution in [0.2, 0.25) is 0 Å². The Morgan fingerprint density at radius 1 is 1.34 bits per heavy atom. The number of amides is 3. The maximum atomic E-state index is 12.9. The molecule has 2 aliphatic rings. The van der Waals surface area contributed by atoms with Gasteiger partial charge in [-0.3, -0.25) is 18.7 Å². The zero-order chi connectivity index (χ0) is 23.7. The third-order valence-corrected chi connectivity index (χ3v) is 5.23. The summed E-state index contributed by atoms with van der Waals surface area (Å²) >= 11 is 0. The highest BCUT2D eigenvalue weighted by atomic mass is 32.2. The number of nitrogens with one attached hydrogen (secondary N) is 2. The van der Waals surface area contributed by atoms with Crippen molar-refractivity contribution in [3.8, 4) is 5.75 Å². The van der Waals surface area contributed by atoms with Gasteiger partial charge in [-0.05, 0) is 39.3 Å². The van der Waals surface area contributed by atoms with Gasteiger partial charge in [0.2, 0.25) is 5.91 Å². The zero-order valence-corrected chi connectivity index (χ0v) is 19.1. The average Bonchev–Trinajstić information content (AvgIpc) is 2.94. The van der Waals surface area contributed by atoms with E-state index in [4.69, 9.17) is 13.7 Å². The molecule has 0 saturated carbocycles. The first-order chi connectivity index (χ1) is 14.8. The van der Waals surface area contributed by atoms with Crippen molar-refractivity contribution >= 4 is 39.7 Å². The lowest BCUT2D eigenvalue weighted by atomic mass is 9.94. The van der Waals surface area contributed by atoms with Gasteiger partial charge in [-0.25, -0.2) is 9.78 Å². The Morgan fingerprint density at radius 3 is 2.72 bits per heavy atom. The third-order valence-electron chi connectivity index (χ3n) is 4.63. The van der Waals surface area contributed by atoms with Crippen molar-refractivity contribution in [2.24, 2.45) is 0 Å². The summed E-state index contributed by atoms with van der Waals surface area (Å²) in [6.07, 6.45) is 0.0823. The molecule has 3 rings (SSSR count). The summed E-state index contributed by atoms with van der Waals surface area (Å²) in [5.74, 6) is 0.0883. The molecule has 0 aromatic carbocycles. The number of anilines is 2. The van der Waals surface area contributed by atoms with E-state index in [2.05, 4.69) is 15.6 Å². The first-order valence-corrected chi connectivity index (χ1v) is 11.7. The fourth-order valence-corrected chi connectivity index (χ4v) is 3.75. The molecule has 0 spiro atoms. The van der Waals surface area contributed by atoms with E-state index in [0.717, 1.165) is 6.26 Å². The Labute approximate surface area is 185 Å². The normalized spacial score (nSPS) is 20.9. The van der Waals surface area contributed by atoms with E-state index in [0.29, 0.717) is 5.75 Å². The molecule has 1 unspecified atom stereocenters. The van der Waals surface area contributed by atoms with Crippen molar-refractivity contribution in [1.82, 2.24) is 10.3 Å². The van der Waals surface area contributed by atoms with Crippen LogP contribution in [-0.2, 0) is 28.6 Å². The zero-order valence-electron chi connectivity index (χ0n) is 18.3. The molecule has 12 nitrogen and oxygen atoms in total. The standard InChI is InChI=1S/C19H26N4O8S/c1-18(2,3)31-17(26)22-19(7-8-30-32(4,27)28)9-15(25)23(11-19)13-6-5-12-16(20-13)21-14(24)10-29-12/h5-6H,7-11H2,1-4H3,(H,22,26)(H,20,21,24). The van der Waals surface area contributed by atoms with Gasteiger partial charge < -0.3 is 20.1 Å². The van der Waals surface area contributed by atoms with Crippen LogP contribution in [0.3, 0.4) is 0 Å². The van der Waals surface area contributed by atoms with Crippen LogP contribution in [0, 0.1) is 0 Å². The molecule has 1 saturated heterocycles. The molecule has 1 atom stereocenters. The van der Waals surface area contributed by atoms with Gasteiger partial charge in [0.05, 0.1) is 31.4 Å². The molecule has 0 radical (unpaired) electrons. The molecule has 1 aromatic rings. The van der Waals surface area contributed by atoms with Crippen molar-refractivity contribution in [2.75, 3.05) is 36.2 Å². The minimum absolute atomic E-state index is 0.00120. The molecule has 1 fully saturated rings. The van der Waals surface area contributed by atoms with E-state index in [1.807, 2.05) is 0 Å². The predicted octanol–water partition coefficient (Wildman–Crippen LogP) is 0.779. The SMILES string of the molecule is CC(C)(C)OC(=O)NC1(CCOS(C)(=O)=O)CC(=O)N(c2ccc3c(n2)NC(=O)CO3)C1. The van der Waals surface area contributed by atoms with Crippen LogP contribution in [-0.4, -0.2) is 68.5 Å². The van der Waals surface area contributed by atoms with Gasteiger partial charge in [0.15, 0.2) is 18.2 Å². The van der Waals surface area contributed by atoms with Gasteiger partial charge in [-0.15, -0.1) is 0 Å². The minimum Gasteiger partial charge on any atom is -0.480 e. The number of aromatic nitrogens is 1. The molecule has 32 heavy (non-hydrogen) atoms. The van der Waals surface area contributed by atoms with E-state index >= 15 is 0 Å². The summed E-state index contributed by atoms with van der Waals surface area (Å²) in [6, 6.07) is 3.14. The second-order valence-corrected chi connectivity index (χ2v) is 10.3. The Hall–Kier alpha value is -2.93. The highest BCUT2D eigenvalue weighted by Crippen LogP contribution is 2.34. The maximum Gasteiger partial charge on any atom is 0.408 e. The number of fused-ring (bicyclic) bond motifs is 1. The van der Waals surface area contributed by atoms with Crippen molar-refractivity contribution in [3.63, 3.8) is 0 Å². The molecule has 0 aliphatic carbocycles. The quantitative estimate of drug-likeness (QED) is 0.574. The number of hydrogen-bond acceptors (Lipinski definition) is 9. The number of carbonyl (C=O) groups is 3. The number of rotatable bonds is 6. The van der Waals surface area contributed by atoms with E-state index in [1.54, 1.807) is 32.9 Å². The van der Waals surface area contributed by atoms with Crippen LogP contribution in [0.15, 0.2) is 12.1 Å². The van der Waals surface area contributed by atoms with Crippen molar-refractivity contribution in [3.05, 3.63) is 12.1 Å². The Balaban J connectivity index is 1.83. The Kier molecular flexibility index (Phi) is 6.33. The van der Waals surface area contributed by atoms with Crippen LogP contribution in [0.5, 0.6) is 5.75 Å². The summed E-state index contributed by atoms with van der Waals surface area (Å²) < 4.78 is 38.2. The van der Waals surface area contributed by atoms with Gasteiger partial charge in [-0.1, -0.05) is 0 Å². The maximum absolute atomic E-state index is 12.9. The topological polar surface area (TPSA) is 153 Å². The first-order valence-electron chi connectivity index (χ1n) is 9.85. The number of alkyl carbamates (subject to hydrolysis) is 1. The van der Waals surface area contributed by atoms with Crippen LogP contribution in [0.4, 0.5) is 16.4 Å². The lowest BCUT2D eigenvalue weighted by molar-refractivity contribution is -0.119. The molecular weight excluding hydrogens is 444 g/mol. The third kappa shape index (κ3) is 6.07. The van der Waals surface area contributed by atoms with Crippen LogP contribution < -0.4 is 20.3 Å². The summed E-state index contributed by atoms with van der Waals surface area (Å²) in [4.78, 5) is 42.5. The minimum atomic E-state index is -3.70. The summed E-state index contributed by atoms with van der Waals surface area (Å²) in [7, 11) is -3.70. The smallest absolute Gasteiger partial charge is 0.408 e. The highest BCUT2D eigenvalue weighted by Gasteiger charge is 2.46. The molecule has 176 valence electrons. The second-order valence-electron chi connectivity index (χ2n) is 8.69. The van der Waals surface area contributed by atoms with Gasteiger partial charge >= 0.3 is 6.09 Å². The number of nitrogens with zero attached hydrogens (tertiary/aromatic N) is 2. The van der Waals surface area contributed by atoms with Crippen LogP contribution in [0.1, 0.15) is 33.6 Å². The number of carbonyl (C=O) groups excluding carboxylic acids is 3. The van der Waals surface area contributed by atoms with Crippen molar-refractivity contribution < 1.29 is 36.5 Å². The molecule has 2 aliphatic heterocycles. The van der Waals surface area contributed by atoms with Gasteiger partial charge in [0.1, 0.15) is 11.4 Å². The fraction of sp³-hybridized carbons (Fsp3) is 0.579. The average molecular weight is 471 g/mol. The number of hydrogen-bond donors (Lipinski definition) is 2. The van der Waals surface area contributed by atoms with Gasteiger partial charge in [-0.2, -0.15) is 8.42 Å². The van der Waals surface area contributed by atoms with Crippen molar-refractivity contribution in [2.45, 2.75) is 44.8 Å². The van der Waals surface area contributed by atoms with Gasteiger partial charge in [0, 0.05) is 0 Å². The number of ether oxygens (including phenoxy) is 2. The second kappa shape index (κ2) is 8.54. The van der Waals surface area contributed by atoms with E-state index in [9.17, 15) is 22.8 Å². The Morgan fingerprint density at radius 2 is 2.06 bits per heavy atom. The fourth-order valence-electron chi connectivity index (χ4n) is 3.37. The van der Waals surface area contributed by atoms with Gasteiger partial charge in [0.25, 0.3) is 16.0 Å². The summed E-state index contributed by atoms with van der Waals surface area (Å²) in [5.41, 5.74) is -1.92. The summed E-state index contributed by atoms with van der Waals surface area (Å²) in [6.45, 7) is 4.73. The van der Waals surface area contributed by atoms with Crippen molar-refractivity contribution in [1.29, 1.82) is 0 Å². The molecule has 1 aromatic heterocycles. The lowest BCUT2D eigenvalue weighted by Gasteiger charge is -2.31. The summed E-state index contributed by atoms with van der Waals surface area (Å²) in [5, 5.41) is 5.29. The first kappa shape index (κ1) is 23.7. The largest absolute Gasteiger partial charge is 0.480 e. The molecule has 13 heteroatoms. The molecule has 2 N–H and O–H groups in total. The molecular formula is C19H26N4O8S. The molecule has 3 amide bonds. The van der Waals surface area contributed by atoms with Crippen LogP contribution >= 0.6 is 0 Å². The van der Waals surface area contributed by atoms with E-state index in [-0.39, 0.29) is 56.1 Å².